The Morgan fingerprint density at radius 3 is 2.59 bits per heavy atom. The number of hydrogen-bond acceptors (Lipinski definition) is 2. The molecule has 1 saturated heterocycles. The van der Waals surface area contributed by atoms with E-state index in [4.69, 9.17) is 0 Å². The van der Waals surface area contributed by atoms with Gasteiger partial charge in [0.1, 0.15) is 0 Å². The van der Waals surface area contributed by atoms with E-state index in [-0.39, 0.29) is 17.7 Å². The number of rotatable bonds is 2. The lowest BCUT2D eigenvalue weighted by Crippen LogP contribution is -2.39. The Hall–Kier alpha value is -1.64. The summed E-state index contributed by atoms with van der Waals surface area (Å²) in [6, 6.07) is 7.99. The molecule has 1 heterocycles. The molecule has 0 aromatic heterocycles. The second-order valence-corrected chi connectivity index (χ2v) is 4.79. The Balaban J connectivity index is 2.34. The van der Waals surface area contributed by atoms with Crippen LogP contribution in [-0.4, -0.2) is 11.8 Å². The number of hydrogen-bond donors (Lipinski definition) is 1. The van der Waals surface area contributed by atoms with Crippen molar-refractivity contribution in [2.24, 2.45) is 0 Å². The molecule has 0 radical (unpaired) electrons. The lowest BCUT2D eigenvalue weighted by molar-refractivity contribution is -0.134. The molecule has 0 bridgehead atoms. The Morgan fingerprint density at radius 2 is 1.94 bits per heavy atom. The standard InChI is InChI=1S/C14H17NO2/c1-9(2)10-5-3-4-6-11(10)12-7-8-13(16)15-14(12)17/h3-6,9,12H,7-8H2,1-2H3,(H,15,16,17). The number of piperidine rings is 1. The van der Waals surface area contributed by atoms with Gasteiger partial charge in [0.25, 0.3) is 0 Å². The van der Waals surface area contributed by atoms with Crippen molar-refractivity contribution in [3.8, 4) is 0 Å². The van der Waals surface area contributed by atoms with Gasteiger partial charge in [0, 0.05) is 6.42 Å². The molecule has 1 atom stereocenters. The highest BCUT2D eigenvalue weighted by Gasteiger charge is 2.29. The van der Waals surface area contributed by atoms with Gasteiger partial charge >= 0.3 is 0 Å². The molecule has 1 aromatic carbocycles. The van der Waals surface area contributed by atoms with Crippen LogP contribution in [0, 0.1) is 0 Å². The molecule has 3 heteroatoms. The van der Waals surface area contributed by atoms with Crippen LogP contribution in [-0.2, 0) is 9.59 Å². The van der Waals surface area contributed by atoms with Gasteiger partial charge in [-0.1, -0.05) is 38.1 Å². The van der Waals surface area contributed by atoms with E-state index in [1.54, 1.807) is 0 Å². The van der Waals surface area contributed by atoms with E-state index in [1.807, 2.05) is 18.2 Å². The first-order valence-corrected chi connectivity index (χ1v) is 6.02. The number of nitrogens with one attached hydrogen (secondary N) is 1. The van der Waals surface area contributed by atoms with Gasteiger partial charge in [-0.2, -0.15) is 0 Å². The summed E-state index contributed by atoms with van der Waals surface area (Å²) in [7, 11) is 0. The van der Waals surface area contributed by atoms with Crippen molar-refractivity contribution in [2.45, 2.75) is 38.5 Å². The Labute approximate surface area is 101 Å². The minimum absolute atomic E-state index is 0.158. The largest absolute Gasteiger partial charge is 0.296 e. The summed E-state index contributed by atoms with van der Waals surface area (Å²) >= 11 is 0. The van der Waals surface area contributed by atoms with Gasteiger partial charge in [-0.15, -0.1) is 0 Å². The molecule has 2 amide bonds. The average molecular weight is 231 g/mol. The van der Waals surface area contributed by atoms with E-state index in [0.29, 0.717) is 18.8 Å². The first kappa shape index (κ1) is 11.8. The molecule has 0 spiro atoms. The fourth-order valence-electron chi connectivity index (χ4n) is 2.34. The normalized spacial score (nSPS) is 20.5. The molecule has 1 fully saturated rings. The van der Waals surface area contributed by atoms with Gasteiger partial charge in [-0.3, -0.25) is 14.9 Å². The minimum Gasteiger partial charge on any atom is -0.296 e. The Morgan fingerprint density at radius 1 is 1.24 bits per heavy atom. The monoisotopic (exact) mass is 231 g/mol. The van der Waals surface area contributed by atoms with Crippen molar-refractivity contribution in [1.82, 2.24) is 5.32 Å². The van der Waals surface area contributed by atoms with Crippen LogP contribution < -0.4 is 5.32 Å². The number of carbonyl (C=O) groups is 2. The van der Waals surface area contributed by atoms with Crippen LogP contribution in [0.25, 0.3) is 0 Å². The lowest BCUT2D eigenvalue weighted by atomic mass is 9.84. The lowest BCUT2D eigenvalue weighted by Gasteiger charge is -2.24. The highest BCUT2D eigenvalue weighted by Crippen LogP contribution is 2.31. The van der Waals surface area contributed by atoms with Gasteiger partial charge in [-0.05, 0) is 23.5 Å². The second-order valence-electron chi connectivity index (χ2n) is 4.79. The van der Waals surface area contributed by atoms with E-state index in [9.17, 15) is 9.59 Å². The Bertz CT molecular complexity index is 451. The molecule has 1 aliphatic heterocycles. The molecule has 90 valence electrons. The highest BCUT2D eigenvalue weighted by molar-refractivity contribution is 6.01. The molecular weight excluding hydrogens is 214 g/mol. The molecule has 2 rings (SSSR count). The molecule has 17 heavy (non-hydrogen) atoms. The third-order valence-electron chi connectivity index (χ3n) is 3.23. The van der Waals surface area contributed by atoms with Crippen molar-refractivity contribution >= 4 is 11.8 Å². The maximum absolute atomic E-state index is 11.8. The zero-order valence-corrected chi connectivity index (χ0v) is 10.2. The highest BCUT2D eigenvalue weighted by atomic mass is 16.2. The van der Waals surface area contributed by atoms with E-state index in [1.165, 1.54) is 5.56 Å². The first-order chi connectivity index (χ1) is 8.09. The molecular formula is C14H17NO2. The number of amides is 2. The van der Waals surface area contributed by atoms with Crippen molar-refractivity contribution in [3.05, 3.63) is 35.4 Å². The van der Waals surface area contributed by atoms with E-state index in [0.717, 1.165) is 5.56 Å². The van der Waals surface area contributed by atoms with E-state index >= 15 is 0 Å². The van der Waals surface area contributed by atoms with Crippen LogP contribution in [0.4, 0.5) is 0 Å². The SMILES string of the molecule is CC(C)c1ccccc1C1CCC(=O)NC1=O. The number of carbonyl (C=O) groups excluding carboxylic acids is 2. The van der Waals surface area contributed by atoms with Gasteiger partial charge in [0.2, 0.25) is 11.8 Å². The molecule has 0 aliphatic carbocycles. The fraction of sp³-hybridized carbons (Fsp3) is 0.429. The van der Waals surface area contributed by atoms with E-state index in [2.05, 4.69) is 25.2 Å². The van der Waals surface area contributed by atoms with Crippen molar-refractivity contribution in [3.63, 3.8) is 0 Å². The quantitative estimate of drug-likeness (QED) is 0.794. The smallest absolute Gasteiger partial charge is 0.234 e. The Kier molecular flexibility index (Phi) is 3.27. The summed E-state index contributed by atoms with van der Waals surface area (Å²) in [4.78, 5) is 23.0. The number of benzene rings is 1. The zero-order chi connectivity index (χ0) is 12.4. The zero-order valence-electron chi connectivity index (χ0n) is 10.2. The summed E-state index contributed by atoms with van der Waals surface area (Å²) in [6.45, 7) is 4.23. The van der Waals surface area contributed by atoms with Crippen LogP contribution in [0.5, 0.6) is 0 Å². The van der Waals surface area contributed by atoms with Crippen LogP contribution >= 0.6 is 0 Å². The average Bonchev–Trinajstić information content (AvgIpc) is 2.29. The molecule has 1 N–H and O–H groups in total. The van der Waals surface area contributed by atoms with Gasteiger partial charge < -0.3 is 0 Å². The molecule has 0 saturated carbocycles. The first-order valence-electron chi connectivity index (χ1n) is 6.02. The molecule has 1 unspecified atom stereocenters. The minimum atomic E-state index is -0.175. The summed E-state index contributed by atoms with van der Waals surface area (Å²) in [5, 5.41) is 2.42. The van der Waals surface area contributed by atoms with Crippen LogP contribution in [0.1, 0.15) is 49.7 Å². The summed E-state index contributed by atoms with van der Waals surface area (Å²) in [5.74, 6) is -0.106. The van der Waals surface area contributed by atoms with Gasteiger partial charge in [0.15, 0.2) is 0 Å². The summed E-state index contributed by atoms with van der Waals surface area (Å²) < 4.78 is 0. The summed E-state index contributed by atoms with van der Waals surface area (Å²) in [5.41, 5.74) is 2.26. The van der Waals surface area contributed by atoms with Crippen molar-refractivity contribution in [1.29, 1.82) is 0 Å². The second kappa shape index (κ2) is 4.70. The summed E-state index contributed by atoms with van der Waals surface area (Å²) in [6.07, 6.45) is 1.05. The van der Waals surface area contributed by atoms with Crippen LogP contribution in [0.15, 0.2) is 24.3 Å². The van der Waals surface area contributed by atoms with Crippen LogP contribution in [0.2, 0.25) is 0 Å². The molecule has 1 aliphatic rings. The molecule has 1 aromatic rings. The van der Waals surface area contributed by atoms with Crippen LogP contribution in [0.3, 0.4) is 0 Å². The predicted octanol–water partition coefficient (Wildman–Crippen LogP) is 2.33. The maximum Gasteiger partial charge on any atom is 0.234 e. The third kappa shape index (κ3) is 2.38. The topological polar surface area (TPSA) is 46.2 Å². The fourth-order valence-corrected chi connectivity index (χ4v) is 2.34. The van der Waals surface area contributed by atoms with Gasteiger partial charge in [-0.25, -0.2) is 0 Å². The van der Waals surface area contributed by atoms with Gasteiger partial charge in [0.05, 0.1) is 5.92 Å². The third-order valence-corrected chi connectivity index (χ3v) is 3.23. The maximum atomic E-state index is 11.8. The molecule has 3 nitrogen and oxygen atoms in total. The number of imide groups is 1. The predicted molar refractivity (Wildman–Crippen MR) is 65.7 cm³/mol. The van der Waals surface area contributed by atoms with E-state index < -0.39 is 0 Å². The van der Waals surface area contributed by atoms with Crippen molar-refractivity contribution in [2.75, 3.05) is 0 Å². The van der Waals surface area contributed by atoms with Crippen molar-refractivity contribution < 1.29 is 9.59 Å².